The second-order valence-electron chi connectivity index (χ2n) is 4.39. The third-order valence-corrected chi connectivity index (χ3v) is 2.60. The monoisotopic (exact) mass is 325 g/mol. The number of esters is 1. The van der Waals surface area contributed by atoms with E-state index in [-0.39, 0.29) is 12.3 Å². The van der Waals surface area contributed by atoms with Crippen molar-refractivity contribution in [3.63, 3.8) is 0 Å². The van der Waals surface area contributed by atoms with Crippen molar-refractivity contribution in [1.29, 1.82) is 0 Å². The average Bonchev–Trinajstić information content (AvgIpc) is 2.51. The Morgan fingerprint density at radius 1 is 1.30 bits per heavy atom. The van der Waals surface area contributed by atoms with Crippen LogP contribution in [-0.2, 0) is 14.3 Å². The highest BCUT2D eigenvalue weighted by Crippen LogP contribution is 2.15. The SMILES string of the molecule is C=CCNC(=O)[C@H](C)OC(=O)/C=C/c1ccc(OC(F)F)cc1. The maximum absolute atomic E-state index is 12.0. The molecule has 1 atom stereocenters. The first-order valence-corrected chi connectivity index (χ1v) is 6.74. The Morgan fingerprint density at radius 3 is 2.52 bits per heavy atom. The molecule has 0 aliphatic rings. The lowest BCUT2D eigenvalue weighted by molar-refractivity contribution is -0.150. The maximum atomic E-state index is 12.0. The Balaban J connectivity index is 2.51. The van der Waals surface area contributed by atoms with Gasteiger partial charge in [0, 0.05) is 12.6 Å². The molecule has 0 bridgehead atoms. The molecular weight excluding hydrogens is 308 g/mol. The van der Waals surface area contributed by atoms with Crippen LogP contribution in [0.15, 0.2) is 43.0 Å². The molecule has 23 heavy (non-hydrogen) atoms. The van der Waals surface area contributed by atoms with Crippen molar-refractivity contribution in [2.75, 3.05) is 6.54 Å². The number of halogens is 2. The van der Waals surface area contributed by atoms with Gasteiger partial charge in [-0.25, -0.2) is 4.79 Å². The van der Waals surface area contributed by atoms with Crippen molar-refractivity contribution in [1.82, 2.24) is 5.32 Å². The van der Waals surface area contributed by atoms with Crippen molar-refractivity contribution < 1.29 is 27.8 Å². The van der Waals surface area contributed by atoms with E-state index in [1.807, 2.05) is 0 Å². The van der Waals surface area contributed by atoms with Crippen molar-refractivity contribution >= 4 is 18.0 Å². The first-order valence-electron chi connectivity index (χ1n) is 6.74. The molecule has 1 aromatic rings. The fourth-order valence-electron chi connectivity index (χ4n) is 1.51. The number of ether oxygens (including phenoxy) is 2. The molecule has 0 aliphatic heterocycles. The van der Waals surface area contributed by atoms with E-state index in [2.05, 4.69) is 16.6 Å². The Morgan fingerprint density at radius 2 is 1.96 bits per heavy atom. The highest BCUT2D eigenvalue weighted by Gasteiger charge is 2.15. The number of alkyl halides is 2. The minimum absolute atomic E-state index is 0.0206. The van der Waals surface area contributed by atoms with Gasteiger partial charge in [-0.05, 0) is 30.7 Å². The van der Waals surface area contributed by atoms with Gasteiger partial charge < -0.3 is 14.8 Å². The summed E-state index contributed by atoms with van der Waals surface area (Å²) in [7, 11) is 0. The topological polar surface area (TPSA) is 64.6 Å². The Bertz CT molecular complexity index is 570. The molecule has 124 valence electrons. The molecule has 0 saturated carbocycles. The van der Waals surface area contributed by atoms with Gasteiger partial charge in [0.05, 0.1) is 0 Å². The minimum atomic E-state index is -2.89. The van der Waals surface area contributed by atoms with Gasteiger partial charge in [-0.3, -0.25) is 4.79 Å². The van der Waals surface area contributed by atoms with Crippen LogP contribution in [0.3, 0.4) is 0 Å². The number of carbonyl (C=O) groups excluding carboxylic acids is 2. The van der Waals surface area contributed by atoms with Crippen LogP contribution in [0.5, 0.6) is 5.75 Å². The van der Waals surface area contributed by atoms with Crippen LogP contribution in [0.2, 0.25) is 0 Å². The van der Waals surface area contributed by atoms with Crippen molar-refractivity contribution in [3.8, 4) is 5.75 Å². The van der Waals surface area contributed by atoms with E-state index < -0.39 is 24.6 Å². The second kappa shape index (κ2) is 9.34. The zero-order valence-electron chi connectivity index (χ0n) is 12.5. The number of nitrogens with one attached hydrogen (secondary N) is 1. The Labute approximate surface area is 132 Å². The molecule has 0 radical (unpaired) electrons. The van der Waals surface area contributed by atoms with Crippen LogP contribution in [0.25, 0.3) is 6.08 Å². The molecular formula is C16H17F2NO4. The molecule has 5 nitrogen and oxygen atoms in total. The van der Waals surface area contributed by atoms with Gasteiger partial charge in [0.15, 0.2) is 6.10 Å². The summed E-state index contributed by atoms with van der Waals surface area (Å²) in [5.41, 5.74) is 0.590. The van der Waals surface area contributed by atoms with E-state index in [1.54, 1.807) is 0 Å². The van der Waals surface area contributed by atoms with E-state index in [0.29, 0.717) is 5.56 Å². The zero-order chi connectivity index (χ0) is 17.2. The summed E-state index contributed by atoms with van der Waals surface area (Å²) in [6.07, 6.45) is 3.14. The fourth-order valence-corrected chi connectivity index (χ4v) is 1.51. The van der Waals surface area contributed by atoms with Gasteiger partial charge in [-0.15, -0.1) is 6.58 Å². The number of carbonyl (C=O) groups is 2. The van der Waals surface area contributed by atoms with Crippen LogP contribution < -0.4 is 10.1 Å². The highest BCUT2D eigenvalue weighted by atomic mass is 19.3. The number of hydrogen-bond donors (Lipinski definition) is 1. The predicted octanol–water partition coefficient (Wildman–Crippen LogP) is 2.54. The van der Waals surface area contributed by atoms with Gasteiger partial charge in [0.1, 0.15) is 5.75 Å². The van der Waals surface area contributed by atoms with E-state index >= 15 is 0 Å². The van der Waals surface area contributed by atoms with Gasteiger partial charge in [-0.2, -0.15) is 8.78 Å². The predicted molar refractivity (Wildman–Crippen MR) is 80.9 cm³/mol. The maximum Gasteiger partial charge on any atom is 0.387 e. The third kappa shape index (κ3) is 7.21. The molecule has 0 unspecified atom stereocenters. The Kier molecular flexibility index (Phi) is 7.45. The van der Waals surface area contributed by atoms with E-state index in [0.717, 1.165) is 6.08 Å². The third-order valence-electron chi connectivity index (χ3n) is 2.60. The molecule has 0 spiro atoms. The summed E-state index contributed by atoms with van der Waals surface area (Å²) >= 11 is 0. The summed E-state index contributed by atoms with van der Waals surface area (Å²) < 4.78 is 33.1. The smallest absolute Gasteiger partial charge is 0.387 e. The van der Waals surface area contributed by atoms with Crippen molar-refractivity contribution in [3.05, 3.63) is 48.6 Å². The lowest BCUT2D eigenvalue weighted by Crippen LogP contribution is -2.35. The molecule has 1 aromatic carbocycles. The molecule has 0 fully saturated rings. The number of benzene rings is 1. The van der Waals surface area contributed by atoms with Gasteiger partial charge >= 0.3 is 12.6 Å². The number of hydrogen-bond acceptors (Lipinski definition) is 4. The summed E-state index contributed by atoms with van der Waals surface area (Å²) in [6.45, 7) is 2.29. The summed E-state index contributed by atoms with van der Waals surface area (Å²) in [5.74, 6) is -1.11. The standard InChI is InChI=1S/C16H17F2NO4/c1-3-10-19-15(21)11(2)22-14(20)9-6-12-4-7-13(8-5-12)23-16(17)18/h3-9,11,16H,1,10H2,2H3,(H,19,21)/b9-6+/t11-/m0/s1. The highest BCUT2D eigenvalue weighted by molar-refractivity contribution is 5.90. The molecule has 0 heterocycles. The summed E-state index contributed by atoms with van der Waals surface area (Å²) in [5, 5.41) is 2.50. The van der Waals surface area contributed by atoms with Crippen molar-refractivity contribution in [2.24, 2.45) is 0 Å². The molecule has 1 N–H and O–H groups in total. The zero-order valence-corrected chi connectivity index (χ0v) is 12.5. The quantitative estimate of drug-likeness (QED) is 0.453. The van der Waals surface area contributed by atoms with Gasteiger partial charge in [0.2, 0.25) is 0 Å². The molecule has 7 heteroatoms. The first kappa shape index (κ1) is 18.3. The molecule has 0 saturated heterocycles. The summed E-state index contributed by atoms with van der Waals surface area (Å²) in [6, 6.07) is 5.70. The van der Waals surface area contributed by atoms with Gasteiger partial charge in [0.25, 0.3) is 5.91 Å². The normalized spacial score (nSPS) is 12.0. The molecule has 0 aliphatic carbocycles. The summed E-state index contributed by atoms with van der Waals surface area (Å²) in [4.78, 5) is 23.1. The Hall–Kier alpha value is -2.70. The molecule has 0 aromatic heterocycles. The first-order chi connectivity index (χ1) is 10.9. The number of rotatable bonds is 8. The molecule has 1 rings (SSSR count). The van der Waals surface area contributed by atoms with Crippen LogP contribution >= 0.6 is 0 Å². The minimum Gasteiger partial charge on any atom is -0.449 e. The second-order valence-corrected chi connectivity index (χ2v) is 4.39. The van der Waals surface area contributed by atoms with E-state index in [4.69, 9.17) is 4.74 Å². The van der Waals surface area contributed by atoms with Crippen LogP contribution in [-0.4, -0.2) is 31.1 Å². The number of amides is 1. The van der Waals surface area contributed by atoms with Gasteiger partial charge in [-0.1, -0.05) is 18.2 Å². The van der Waals surface area contributed by atoms with Crippen LogP contribution in [0, 0.1) is 0 Å². The van der Waals surface area contributed by atoms with E-state index in [1.165, 1.54) is 43.3 Å². The largest absolute Gasteiger partial charge is 0.449 e. The lowest BCUT2D eigenvalue weighted by Gasteiger charge is -2.11. The van der Waals surface area contributed by atoms with Crippen molar-refractivity contribution in [2.45, 2.75) is 19.6 Å². The fraction of sp³-hybridized carbons (Fsp3) is 0.250. The van der Waals surface area contributed by atoms with Crippen LogP contribution in [0.1, 0.15) is 12.5 Å². The van der Waals surface area contributed by atoms with E-state index in [9.17, 15) is 18.4 Å². The average molecular weight is 325 g/mol. The lowest BCUT2D eigenvalue weighted by atomic mass is 10.2. The molecule has 1 amide bonds. The van der Waals surface area contributed by atoms with Crippen LogP contribution in [0.4, 0.5) is 8.78 Å².